The highest BCUT2D eigenvalue weighted by Gasteiger charge is 2.21. The molecule has 1 aliphatic rings. The third-order valence-electron chi connectivity index (χ3n) is 3.92. The summed E-state index contributed by atoms with van der Waals surface area (Å²) in [5, 5.41) is 4.05. The van der Waals surface area contributed by atoms with Crippen LogP contribution in [0.3, 0.4) is 0 Å². The Hall–Kier alpha value is -1.77. The van der Waals surface area contributed by atoms with Crippen LogP contribution in [0.25, 0.3) is 11.0 Å². The molecule has 1 fully saturated rings. The summed E-state index contributed by atoms with van der Waals surface area (Å²) in [6, 6.07) is 6.30. The molecule has 1 aromatic heterocycles. The Labute approximate surface area is 106 Å². The lowest BCUT2D eigenvalue weighted by molar-refractivity contribution is -0.122. The zero-order valence-electron chi connectivity index (χ0n) is 10.7. The van der Waals surface area contributed by atoms with Crippen molar-refractivity contribution in [3.63, 3.8) is 0 Å². The maximum atomic E-state index is 11.5. The molecular formula is C15H17NO2. The van der Waals surface area contributed by atoms with Gasteiger partial charge < -0.3 is 9.73 Å². The molecule has 1 atom stereocenters. The Morgan fingerprint density at radius 1 is 1.33 bits per heavy atom. The number of nitrogens with one attached hydrogen (secondary N) is 1. The molecule has 1 amide bonds. The normalized spacial score (nSPS) is 20.1. The zero-order valence-corrected chi connectivity index (χ0v) is 10.7. The van der Waals surface area contributed by atoms with Crippen LogP contribution in [-0.2, 0) is 4.79 Å². The zero-order chi connectivity index (χ0) is 12.7. The van der Waals surface area contributed by atoms with E-state index in [1.54, 1.807) is 0 Å². The van der Waals surface area contributed by atoms with Crippen molar-refractivity contribution >= 4 is 16.9 Å². The van der Waals surface area contributed by atoms with Gasteiger partial charge in [0.15, 0.2) is 0 Å². The van der Waals surface area contributed by atoms with Crippen LogP contribution in [0.4, 0.5) is 0 Å². The van der Waals surface area contributed by atoms with Crippen LogP contribution in [0.5, 0.6) is 0 Å². The summed E-state index contributed by atoms with van der Waals surface area (Å²) in [6.45, 7) is 4.85. The van der Waals surface area contributed by atoms with Crippen molar-refractivity contribution in [2.45, 2.75) is 32.6 Å². The third kappa shape index (κ3) is 1.80. The van der Waals surface area contributed by atoms with Crippen LogP contribution in [-0.4, -0.2) is 12.5 Å². The van der Waals surface area contributed by atoms with E-state index < -0.39 is 0 Å². The third-order valence-corrected chi connectivity index (χ3v) is 3.92. The smallest absolute Gasteiger partial charge is 0.220 e. The maximum Gasteiger partial charge on any atom is 0.220 e. The van der Waals surface area contributed by atoms with E-state index in [-0.39, 0.29) is 5.91 Å². The van der Waals surface area contributed by atoms with Crippen LogP contribution >= 0.6 is 0 Å². The van der Waals surface area contributed by atoms with Gasteiger partial charge in [0, 0.05) is 18.4 Å². The molecule has 2 aromatic rings. The molecule has 3 heteroatoms. The largest absolute Gasteiger partial charge is 0.461 e. The molecular weight excluding hydrogens is 226 g/mol. The first-order valence-corrected chi connectivity index (χ1v) is 6.41. The van der Waals surface area contributed by atoms with Crippen molar-refractivity contribution in [1.82, 2.24) is 5.32 Å². The van der Waals surface area contributed by atoms with Gasteiger partial charge in [0.2, 0.25) is 5.91 Å². The van der Waals surface area contributed by atoms with Crippen molar-refractivity contribution in [2.75, 3.05) is 6.54 Å². The van der Waals surface area contributed by atoms with Gasteiger partial charge in [-0.1, -0.05) is 6.07 Å². The summed E-state index contributed by atoms with van der Waals surface area (Å²) in [4.78, 5) is 11.5. The van der Waals surface area contributed by atoms with Crippen molar-refractivity contribution in [2.24, 2.45) is 0 Å². The molecule has 1 unspecified atom stereocenters. The number of hydrogen-bond donors (Lipinski definition) is 1. The average Bonchev–Trinajstić information content (AvgIpc) is 2.65. The fraction of sp³-hybridized carbons (Fsp3) is 0.400. The van der Waals surface area contributed by atoms with Gasteiger partial charge in [0.1, 0.15) is 11.3 Å². The number of amides is 1. The van der Waals surface area contributed by atoms with Gasteiger partial charge >= 0.3 is 0 Å². The van der Waals surface area contributed by atoms with Gasteiger partial charge in [-0.25, -0.2) is 0 Å². The van der Waals surface area contributed by atoms with Crippen LogP contribution in [0.2, 0.25) is 0 Å². The highest BCUT2D eigenvalue weighted by molar-refractivity contribution is 5.83. The lowest BCUT2D eigenvalue weighted by Crippen LogP contribution is -2.32. The van der Waals surface area contributed by atoms with E-state index in [1.807, 2.05) is 13.0 Å². The van der Waals surface area contributed by atoms with E-state index in [0.717, 1.165) is 24.3 Å². The minimum Gasteiger partial charge on any atom is -0.461 e. The molecule has 0 spiro atoms. The van der Waals surface area contributed by atoms with Crippen LogP contribution < -0.4 is 5.32 Å². The van der Waals surface area contributed by atoms with Crippen LogP contribution in [0.1, 0.15) is 35.6 Å². The van der Waals surface area contributed by atoms with Gasteiger partial charge in [0.05, 0.1) is 0 Å². The SMILES string of the molecule is Cc1oc2ccc(C3CCNC(=O)C3)cc2c1C. The van der Waals surface area contributed by atoms with Gasteiger partial charge in [-0.05, 0) is 49.4 Å². The van der Waals surface area contributed by atoms with E-state index in [9.17, 15) is 4.79 Å². The number of carbonyl (C=O) groups is 1. The molecule has 2 heterocycles. The standard InChI is InChI=1S/C15H17NO2/c1-9-10(2)18-14-4-3-11(7-13(9)14)12-5-6-16-15(17)8-12/h3-4,7,12H,5-6,8H2,1-2H3,(H,16,17). The summed E-state index contributed by atoms with van der Waals surface area (Å²) in [6.07, 6.45) is 1.62. The molecule has 0 bridgehead atoms. The fourth-order valence-corrected chi connectivity index (χ4v) is 2.68. The second-order valence-corrected chi connectivity index (χ2v) is 5.08. The van der Waals surface area contributed by atoms with E-state index in [0.29, 0.717) is 12.3 Å². The number of fused-ring (bicyclic) bond motifs is 1. The number of carbonyl (C=O) groups excluding carboxylic acids is 1. The Morgan fingerprint density at radius 2 is 2.17 bits per heavy atom. The van der Waals surface area contributed by atoms with Crippen molar-refractivity contribution in [1.29, 1.82) is 0 Å². The first-order chi connectivity index (χ1) is 8.65. The molecule has 0 radical (unpaired) electrons. The number of aryl methyl sites for hydroxylation is 2. The summed E-state index contributed by atoms with van der Waals surface area (Å²) in [5.74, 6) is 1.48. The minimum atomic E-state index is 0.159. The monoisotopic (exact) mass is 243 g/mol. The van der Waals surface area contributed by atoms with E-state index in [1.165, 1.54) is 16.5 Å². The van der Waals surface area contributed by atoms with Gasteiger partial charge in [-0.2, -0.15) is 0 Å². The highest BCUT2D eigenvalue weighted by atomic mass is 16.3. The second kappa shape index (κ2) is 4.16. The highest BCUT2D eigenvalue weighted by Crippen LogP contribution is 2.31. The summed E-state index contributed by atoms with van der Waals surface area (Å²) in [7, 11) is 0. The number of hydrogen-bond acceptors (Lipinski definition) is 2. The van der Waals surface area contributed by atoms with E-state index >= 15 is 0 Å². The lowest BCUT2D eigenvalue weighted by Gasteiger charge is -2.22. The van der Waals surface area contributed by atoms with Crippen LogP contribution in [0, 0.1) is 13.8 Å². The topological polar surface area (TPSA) is 42.2 Å². The number of rotatable bonds is 1. The van der Waals surface area contributed by atoms with E-state index in [4.69, 9.17) is 4.42 Å². The predicted molar refractivity (Wildman–Crippen MR) is 70.7 cm³/mol. The molecule has 1 aliphatic heterocycles. The molecule has 1 saturated heterocycles. The maximum absolute atomic E-state index is 11.5. The van der Waals surface area contributed by atoms with Crippen molar-refractivity contribution in [3.05, 3.63) is 35.1 Å². The first-order valence-electron chi connectivity index (χ1n) is 6.41. The Morgan fingerprint density at radius 3 is 2.94 bits per heavy atom. The van der Waals surface area contributed by atoms with E-state index in [2.05, 4.69) is 24.4 Å². The van der Waals surface area contributed by atoms with Crippen LogP contribution in [0.15, 0.2) is 22.6 Å². The molecule has 0 saturated carbocycles. The number of piperidine rings is 1. The van der Waals surface area contributed by atoms with Gasteiger partial charge in [0.25, 0.3) is 0 Å². The Bertz CT molecular complexity index is 612. The minimum absolute atomic E-state index is 0.159. The number of furan rings is 1. The quantitative estimate of drug-likeness (QED) is 0.836. The molecule has 94 valence electrons. The summed E-state index contributed by atoms with van der Waals surface area (Å²) >= 11 is 0. The van der Waals surface area contributed by atoms with Gasteiger partial charge in [-0.15, -0.1) is 0 Å². The lowest BCUT2D eigenvalue weighted by atomic mass is 9.89. The molecule has 3 nitrogen and oxygen atoms in total. The Balaban J connectivity index is 2.02. The fourth-order valence-electron chi connectivity index (χ4n) is 2.68. The van der Waals surface area contributed by atoms with Gasteiger partial charge in [-0.3, -0.25) is 4.79 Å². The second-order valence-electron chi connectivity index (χ2n) is 5.08. The number of benzene rings is 1. The molecule has 18 heavy (non-hydrogen) atoms. The summed E-state index contributed by atoms with van der Waals surface area (Å²) in [5.41, 5.74) is 3.39. The first kappa shape index (κ1) is 11.3. The molecule has 1 N–H and O–H groups in total. The van der Waals surface area contributed by atoms with Crippen molar-refractivity contribution in [3.8, 4) is 0 Å². The molecule has 0 aliphatic carbocycles. The van der Waals surface area contributed by atoms with Crippen molar-refractivity contribution < 1.29 is 9.21 Å². The predicted octanol–water partition coefficient (Wildman–Crippen LogP) is 3.04. The molecule has 3 rings (SSSR count). The average molecular weight is 243 g/mol. The summed E-state index contributed by atoms with van der Waals surface area (Å²) < 4.78 is 5.68. The molecule has 1 aromatic carbocycles. The Kier molecular flexibility index (Phi) is 2.62.